The summed E-state index contributed by atoms with van der Waals surface area (Å²) in [7, 11) is 1.54. The summed E-state index contributed by atoms with van der Waals surface area (Å²) in [5.41, 5.74) is 5.79. The van der Waals surface area contributed by atoms with Crippen molar-refractivity contribution in [1.29, 1.82) is 0 Å². The van der Waals surface area contributed by atoms with Gasteiger partial charge in [0.2, 0.25) is 0 Å². The minimum Gasteiger partial charge on any atom is -0.396 e. The van der Waals surface area contributed by atoms with Crippen LogP contribution in [0.3, 0.4) is 0 Å². The van der Waals surface area contributed by atoms with Crippen molar-refractivity contribution in [3.05, 3.63) is 0 Å². The van der Waals surface area contributed by atoms with Crippen LogP contribution in [0, 0.1) is 11.8 Å². The predicted octanol–water partition coefficient (Wildman–Crippen LogP) is -0.662. The highest BCUT2D eigenvalue weighted by Crippen LogP contribution is 2.30. The van der Waals surface area contributed by atoms with Crippen LogP contribution in [-0.4, -0.2) is 42.2 Å². The van der Waals surface area contributed by atoms with Crippen LogP contribution in [0.1, 0.15) is 13.3 Å². The van der Waals surface area contributed by atoms with Crippen LogP contribution in [0.4, 0.5) is 0 Å². The first-order valence-corrected chi connectivity index (χ1v) is 4.69. The molecule has 1 saturated carbocycles. The zero-order valence-corrected chi connectivity index (χ0v) is 8.18. The Labute approximate surface area is 78.7 Å². The van der Waals surface area contributed by atoms with Crippen LogP contribution < -0.4 is 5.73 Å². The second-order valence-corrected chi connectivity index (χ2v) is 3.92. The van der Waals surface area contributed by atoms with Crippen molar-refractivity contribution in [3.8, 4) is 0 Å². The van der Waals surface area contributed by atoms with E-state index in [-0.39, 0.29) is 30.6 Å². The molecule has 0 aromatic carbocycles. The zero-order chi connectivity index (χ0) is 10.0. The highest BCUT2D eigenvalue weighted by molar-refractivity contribution is 4.93. The SMILES string of the molecule is CO[C@@H]1C(CO)C[C@@H](C)C(N)[C@H]1O. The van der Waals surface area contributed by atoms with E-state index >= 15 is 0 Å². The fraction of sp³-hybridized carbons (Fsp3) is 1.00. The van der Waals surface area contributed by atoms with E-state index in [0.29, 0.717) is 0 Å². The summed E-state index contributed by atoms with van der Waals surface area (Å²) >= 11 is 0. The zero-order valence-electron chi connectivity index (χ0n) is 8.18. The van der Waals surface area contributed by atoms with E-state index < -0.39 is 6.10 Å². The molecule has 4 nitrogen and oxygen atoms in total. The third kappa shape index (κ3) is 2.02. The van der Waals surface area contributed by atoms with E-state index in [4.69, 9.17) is 15.6 Å². The van der Waals surface area contributed by atoms with E-state index in [1.54, 1.807) is 7.11 Å². The molecule has 1 rings (SSSR count). The Morgan fingerprint density at radius 3 is 2.62 bits per heavy atom. The first-order valence-electron chi connectivity index (χ1n) is 4.69. The normalized spacial score (nSPS) is 46.4. The first-order chi connectivity index (χ1) is 6.11. The molecule has 0 spiro atoms. The summed E-state index contributed by atoms with van der Waals surface area (Å²) in [6, 6.07) is -0.243. The van der Waals surface area contributed by atoms with Crippen LogP contribution in [0.2, 0.25) is 0 Å². The van der Waals surface area contributed by atoms with Gasteiger partial charge in [0.05, 0.1) is 12.2 Å². The van der Waals surface area contributed by atoms with Crippen LogP contribution in [-0.2, 0) is 4.74 Å². The molecular formula is C9H19NO3. The molecule has 2 unspecified atom stereocenters. The Balaban J connectivity index is 2.69. The monoisotopic (exact) mass is 189 g/mol. The van der Waals surface area contributed by atoms with Gasteiger partial charge in [-0.2, -0.15) is 0 Å². The Hall–Kier alpha value is -0.160. The average Bonchev–Trinajstić information content (AvgIpc) is 2.13. The maximum atomic E-state index is 9.75. The van der Waals surface area contributed by atoms with Gasteiger partial charge in [0, 0.05) is 25.7 Å². The molecule has 78 valence electrons. The van der Waals surface area contributed by atoms with Gasteiger partial charge < -0.3 is 20.7 Å². The van der Waals surface area contributed by atoms with E-state index in [1.807, 2.05) is 6.92 Å². The summed E-state index contributed by atoms with van der Waals surface area (Å²) in [5.74, 6) is 0.244. The Morgan fingerprint density at radius 1 is 1.54 bits per heavy atom. The van der Waals surface area contributed by atoms with E-state index in [9.17, 15) is 5.11 Å². The molecule has 4 N–H and O–H groups in total. The minimum atomic E-state index is -0.661. The van der Waals surface area contributed by atoms with Gasteiger partial charge in [0.15, 0.2) is 0 Å². The van der Waals surface area contributed by atoms with Crippen LogP contribution in [0.25, 0.3) is 0 Å². The van der Waals surface area contributed by atoms with Crippen molar-refractivity contribution in [2.24, 2.45) is 17.6 Å². The lowest BCUT2D eigenvalue weighted by atomic mass is 9.76. The number of hydrogen-bond acceptors (Lipinski definition) is 4. The third-order valence-electron chi connectivity index (χ3n) is 3.03. The average molecular weight is 189 g/mol. The maximum Gasteiger partial charge on any atom is 0.0958 e. The predicted molar refractivity (Wildman–Crippen MR) is 49.1 cm³/mol. The quantitative estimate of drug-likeness (QED) is 0.539. The molecule has 4 heteroatoms. The van der Waals surface area contributed by atoms with Gasteiger partial charge in [-0.1, -0.05) is 6.92 Å². The molecule has 0 saturated heterocycles. The van der Waals surface area contributed by atoms with E-state index in [1.165, 1.54) is 0 Å². The summed E-state index contributed by atoms with van der Waals surface area (Å²) in [5, 5.41) is 18.8. The number of aliphatic hydroxyl groups excluding tert-OH is 2. The number of rotatable bonds is 2. The Morgan fingerprint density at radius 2 is 2.15 bits per heavy atom. The lowest BCUT2D eigenvalue weighted by molar-refractivity contribution is -0.102. The van der Waals surface area contributed by atoms with Crippen LogP contribution in [0.15, 0.2) is 0 Å². The van der Waals surface area contributed by atoms with Crippen molar-refractivity contribution >= 4 is 0 Å². The highest BCUT2D eigenvalue weighted by atomic mass is 16.5. The van der Waals surface area contributed by atoms with Crippen molar-refractivity contribution in [2.45, 2.75) is 31.6 Å². The summed E-state index contributed by atoms with van der Waals surface area (Å²) in [4.78, 5) is 0. The lowest BCUT2D eigenvalue weighted by Gasteiger charge is -2.41. The number of aliphatic hydroxyl groups is 2. The van der Waals surface area contributed by atoms with Crippen LogP contribution in [0.5, 0.6) is 0 Å². The van der Waals surface area contributed by atoms with Gasteiger partial charge >= 0.3 is 0 Å². The summed E-state index contributed by atoms with van der Waals surface area (Å²) < 4.78 is 5.14. The van der Waals surface area contributed by atoms with E-state index in [2.05, 4.69) is 0 Å². The Kier molecular flexibility index (Phi) is 3.67. The molecular weight excluding hydrogens is 170 g/mol. The van der Waals surface area contributed by atoms with Gasteiger partial charge in [-0.05, 0) is 12.3 Å². The second-order valence-electron chi connectivity index (χ2n) is 3.92. The fourth-order valence-corrected chi connectivity index (χ4v) is 2.11. The lowest BCUT2D eigenvalue weighted by Crippen LogP contribution is -2.55. The smallest absolute Gasteiger partial charge is 0.0958 e. The molecule has 0 bridgehead atoms. The first kappa shape index (κ1) is 10.9. The number of nitrogens with two attached hydrogens (primary N) is 1. The molecule has 1 fully saturated rings. The van der Waals surface area contributed by atoms with Crippen molar-refractivity contribution < 1.29 is 14.9 Å². The number of methoxy groups -OCH3 is 1. The van der Waals surface area contributed by atoms with Gasteiger partial charge in [-0.3, -0.25) is 0 Å². The van der Waals surface area contributed by atoms with Gasteiger partial charge in [0.1, 0.15) is 0 Å². The van der Waals surface area contributed by atoms with Gasteiger partial charge in [-0.25, -0.2) is 0 Å². The highest BCUT2D eigenvalue weighted by Gasteiger charge is 2.40. The molecule has 0 heterocycles. The number of ether oxygens (including phenoxy) is 1. The van der Waals surface area contributed by atoms with E-state index in [0.717, 1.165) is 6.42 Å². The standard InChI is InChI=1S/C9H19NO3/c1-5-3-6(4-11)9(13-2)8(12)7(5)10/h5-9,11-12H,3-4,10H2,1-2H3/t5-,6?,7?,8-,9-/m1/s1. The molecule has 0 aromatic rings. The molecule has 5 atom stereocenters. The minimum absolute atomic E-state index is 0.00907. The Bertz CT molecular complexity index is 163. The van der Waals surface area contributed by atoms with Gasteiger partial charge in [0.25, 0.3) is 0 Å². The topological polar surface area (TPSA) is 75.7 Å². The molecule has 0 radical (unpaired) electrons. The number of hydrogen-bond donors (Lipinski definition) is 3. The largest absolute Gasteiger partial charge is 0.396 e. The second kappa shape index (κ2) is 4.37. The summed E-state index contributed by atoms with van der Waals surface area (Å²) in [6.07, 6.45) is -0.171. The van der Waals surface area contributed by atoms with Crippen LogP contribution >= 0.6 is 0 Å². The maximum absolute atomic E-state index is 9.75. The fourth-order valence-electron chi connectivity index (χ4n) is 2.11. The van der Waals surface area contributed by atoms with Crippen molar-refractivity contribution in [1.82, 2.24) is 0 Å². The molecule has 13 heavy (non-hydrogen) atoms. The molecule has 0 aromatic heterocycles. The van der Waals surface area contributed by atoms with Gasteiger partial charge in [-0.15, -0.1) is 0 Å². The molecule has 1 aliphatic rings. The molecule has 0 amide bonds. The molecule has 1 aliphatic carbocycles. The van der Waals surface area contributed by atoms with Crippen molar-refractivity contribution in [2.75, 3.05) is 13.7 Å². The molecule has 0 aliphatic heterocycles. The van der Waals surface area contributed by atoms with Crippen molar-refractivity contribution in [3.63, 3.8) is 0 Å². The third-order valence-corrected chi connectivity index (χ3v) is 3.03. The summed E-state index contributed by atoms with van der Waals surface area (Å²) in [6.45, 7) is 2.04.